The number of para-hydroxylation sites is 1. The monoisotopic (exact) mass is 288 g/mol. The number of carbonyl (C=O) groups is 3. The van der Waals surface area contributed by atoms with Gasteiger partial charge in [-0.15, -0.1) is 0 Å². The van der Waals surface area contributed by atoms with Gasteiger partial charge in [0.2, 0.25) is 11.8 Å². The molecule has 21 heavy (non-hydrogen) atoms. The Morgan fingerprint density at radius 1 is 1.29 bits per heavy atom. The van der Waals surface area contributed by atoms with E-state index in [9.17, 15) is 14.4 Å². The molecule has 2 N–H and O–H groups in total. The Labute approximate surface area is 122 Å². The summed E-state index contributed by atoms with van der Waals surface area (Å²) in [6, 6.07) is 8.86. The van der Waals surface area contributed by atoms with Gasteiger partial charge in [0.25, 0.3) is 0 Å². The summed E-state index contributed by atoms with van der Waals surface area (Å²) in [5, 5.41) is 5.25. The molecule has 2 rings (SSSR count). The van der Waals surface area contributed by atoms with E-state index in [4.69, 9.17) is 4.74 Å². The number of methoxy groups -OCH3 is 1. The minimum absolute atomic E-state index is 0.0829. The Kier molecular flexibility index (Phi) is 4.37. The topological polar surface area (TPSA) is 84.5 Å². The first-order chi connectivity index (χ1) is 10.0. The minimum atomic E-state index is -0.855. The molecule has 0 saturated carbocycles. The van der Waals surface area contributed by atoms with Crippen LogP contribution in [0.4, 0.5) is 5.69 Å². The Bertz CT molecular complexity index is 607. The summed E-state index contributed by atoms with van der Waals surface area (Å²) in [6.45, 7) is 1.58. The summed E-state index contributed by atoms with van der Waals surface area (Å²) in [7, 11) is 1.24. The smallest absolute Gasteiger partial charge is 0.336 e. The fourth-order valence-corrected chi connectivity index (χ4v) is 2.26. The molecule has 0 spiro atoms. The molecule has 0 saturated heterocycles. The van der Waals surface area contributed by atoms with E-state index in [0.717, 1.165) is 0 Å². The fourth-order valence-electron chi connectivity index (χ4n) is 2.26. The van der Waals surface area contributed by atoms with E-state index in [-0.39, 0.29) is 17.9 Å². The summed E-state index contributed by atoms with van der Waals surface area (Å²) in [4.78, 5) is 35.8. The lowest BCUT2D eigenvalue weighted by atomic mass is 9.89. The van der Waals surface area contributed by atoms with E-state index in [1.54, 1.807) is 31.2 Å². The maximum absolute atomic E-state index is 12.4. The predicted octanol–water partition coefficient (Wildman–Crippen LogP) is 1.21. The predicted molar refractivity (Wildman–Crippen MR) is 76.0 cm³/mol. The van der Waals surface area contributed by atoms with E-state index in [2.05, 4.69) is 10.6 Å². The summed E-state index contributed by atoms with van der Waals surface area (Å²) in [5.41, 5.74) is 1.15. The minimum Gasteiger partial charge on any atom is -0.466 e. The molecule has 0 radical (unpaired) electrons. The Balaban J connectivity index is 2.26. The van der Waals surface area contributed by atoms with Crippen molar-refractivity contribution in [3.05, 3.63) is 41.6 Å². The molecule has 0 aliphatic carbocycles. The van der Waals surface area contributed by atoms with Crippen LogP contribution < -0.4 is 10.6 Å². The van der Waals surface area contributed by atoms with Gasteiger partial charge in [-0.1, -0.05) is 18.2 Å². The van der Waals surface area contributed by atoms with Gasteiger partial charge in [-0.05, 0) is 19.1 Å². The largest absolute Gasteiger partial charge is 0.466 e. The van der Waals surface area contributed by atoms with Crippen LogP contribution in [0.5, 0.6) is 0 Å². The Morgan fingerprint density at radius 2 is 1.95 bits per heavy atom. The van der Waals surface area contributed by atoms with Crippen LogP contribution in [0.25, 0.3) is 0 Å². The summed E-state index contributed by atoms with van der Waals surface area (Å²) < 4.78 is 4.70. The number of carbonyl (C=O) groups excluding carboxylic acids is 3. The molecule has 1 aromatic carbocycles. The highest BCUT2D eigenvalue weighted by molar-refractivity contribution is 6.06. The van der Waals surface area contributed by atoms with Crippen molar-refractivity contribution in [2.45, 2.75) is 13.3 Å². The first-order valence-corrected chi connectivity index (χ1v) is 6.47. The molecule has 0 aromatic heterocycles. The lowest BCUT2D eigenvalue weighted by Crippen LogP contribution is -2.40. The molecule has 1 atom stereocenters. The fraction of sp³-hybridized carbons (Fsp3) is 0.267. The molecular weight excluding hydrogens is 272 g/mol. The SMILES string of the molecule is COC(=O)C1=C(C)NC(=O)C[C@H]1C(=O)Nc1ccccc1. The third kappa shape index (κ3) is 3.28. The lowest BCUT2D eigenvalue weighted by molar-refractivity contribution is -0.139. The zero-order valence-corrected chi connectivity index (χ0v) is 11.8. The second kappa shape index (κ2) is 6.21. The number of rotatable bonds is 3. The molecule has 0 fully saturated rings. The van der Waals surface area contributed by atoms with E-state index < -0.39 is 17.8 Å². The normalized spacial score (nSPS) is 18.0. The van der Waals surface area contributed by atoms with Gasteiger partial charge in [-0.2, -0.15) is 0 Å². The molecule has 6 nitrogen and oxygen atoms in total. The van der Waals surface area contributed by atoms with Gasteiger partial charge in [0.15, 0.2) is 0 Å². The van der Waals surface area contributed by atoms with Crippen molar-refractivity contribution in [2.24, 2.45) is 5.92 Å². The highest BCUT2D eigenvalue weighted by Crippen LogP contribution is 2.25. The number of nitrogens with one attached hydrogen (secondary N) is 2. The molecule has 110 valence electrons. The van der Waals surface area contributed by atoms with Crippen molar-refractivity contribution in [1.82, 2.24) is 5.32 Å². The van der Waals surface area contributed by atoms with Crippen LogP contribution >= 0.6 is 0 Å². The molecule has 0 bridgehead atoms. The standard InChI is InChI=1S/C15H16N2O4/c1-9-13(15(20)21-2)11(8-12(18)16-9)14(19)17-10-6-4-3-5-7-10/h3-7,11H,8H2,1-2H3,(H,16,18)(H,17,19)/t11-/m1/s1. The van der Waals surface area contributed by atoms with Crippen molar-refractivity contribution in [2.75, 3.05) is 12.4 Å². The highest BCUT2D eigenvalue weighted by Gasteiger charge is 2.36. The Morgan fingerprint density at radius 3 is 2.57 bits per heavy atom. The van der Waals surface area contributed by atoms with Crippen LogP contribution in [-0.2, 0) is 19.1 Å². The van der Waals surface area contributed by atoms with Gasteiger partial charge in [-0.3, -0.25) is 9.59 Å². The van der Waals surface area contributed by atoms with Crippen molar-refractivity contribution >= 4 is 23.5 Å². The maximum atomic E-state index is 12.4. The van der Waals surface area contributed by atoms with Gasteiger partial charge >= 0.3 is 5.97 Å². The summed E-state index contributed by atoms with van der Waals surface area (Å²) >= 11 is 0. The summed E-state index contributed by atoms with van der Waals surface area (Å²) in [5.74, 6) is -2.17. The van der Waals surface area contributed by atoms with Gasteiger partial charge in [-0.25, -0.2) is 4.79 Å². The number of hydrogen-bond donors (Lipinski definition) is 2. The second-order valence-corrected chi connectivity index (χ2v) is 4.69. The molecule has 2 amide bonds. The van der Waals surface area contributed by atoms with Crippen LogP contribution in [0, 0.1) is 5.92 Å². The molecule has 1 aromatic rings. The van der Waals surface area contributed by atoms with Crippen molar-refractivity contribution < 1.29 is 19.1 Å². The molecule has 6 heteroatoms. The first kappa shape index (κ1) is 14.8. The van der Waals surface area contributed by atoms with Crippen molar-refractivity contribution in [3.63, 3.8) is 0 Å². The van der Waals surface area contributed by atoms with Crippen molar-refractivity contribution in [1.29, 1.82) is 0 Å². The summed E-state index contributed by atoms with van der Waals surface area (Å²) in [6.07, 6.45) is -0.0829. The number of hydrogen-bond acceptors (Lipinski definition) is 4. The first-order valence-electron chi connectivity index (χ1n) is 6.47. The quantitative estimate of drug-likeness (QED) is 0.819. The zero-order chi connectivity index (χ0) is 15.4. The van der Waals surface area contributed by atoms with Gasteiger partial charge < -0.3 is 15.4 Å². The molecule has 1 aliphatic rings. The zero-order valence-electron chi connectivity index (χ0n) is 11.8. The van der Waals surface area contributed by atoms with Gasteiger partial charge in [0, 0.05) is 17.8 Å². The van der Waals surface area contributed by atoms with Gasteiger partial charge in [0.05, 0.1) is 18.6 Å². The number of benzene rings is 1. The number of allylic oxidation sites excluding steroid dienone is 1. The number of ether oxygens (including phenoxy) is 1. The lowest BCUT2D eigenvalue weighted by Gasteiger charge is -2.25. The van der Waals surface area contributed by atoms with E-state index in [1.807, 2.05) is 6.07 Å². The van der Waals surface area contributed by atoms with Crippen LogP contribution in [0.3, 0.4) is 0 Å². The van der Waals surface area contributed by atoms with Crippen LogP contribution in [0.15, 0.2) is 41.6 Å². The van der Waals surface area contributed by atoms with Crippen LogP contribution in [0.1, 0.15) is 13.3 Å². The molecule has 1 heterocycles. The van der Waals surface area contributed by atoms with E-state index >= 15 is 0 Å². The average molecular weight is 288 g/mol. The van der Waals surface area contributed by atoms with Crippen LogP contribution in [-0.4, -0.2) is 24.9 Å². The average Bonchev–Trinajstić information content (AvgIpc) is 2.46. The molecular formula is C15H16N2O4. The van der Waals surface area contributed by atoms with Gasteiger partial charge in [0.1, 0.15) is 0 Å². The Hall–Kier alpha value is -2.63. The number of amides is 2. The number of anilines is 1. The molecule has 1 aliphatic heterocycles. The maximum Gasteiger partial charge on any atom is 0.336 e. The third-order valence-electron chi connectivity index (χ3n) is 3.23. The second-order valence-electron chi connectivity index (χ2n) is 4.69. The molecule has 0 unspecified atom stereocenters. The van der Waals surface area contributed by atoms with E-state index in [1.165, 1.54) is 7.11 Å². The van der Waals surface area contributed by atoms with Crippen molar-refractivity contribution in [3.8, 4) is 0 Å². The van der Waals surface area contributed by atoms with Crippen LogP contribution in [0.2, 0.25) is 0 Å². The third-order valence-corrected chi connectivity index (χ3v) is 3.23. The number of esters is 1. The highest BCUT2D eigenvalue weighted by atomic mass is 16.5. The van der Waals surface area contributed by atoms with E-state index in [0.29, 0.717) is 11.4 Å².